The maximum atomic E-state index is 12.5. The first-order chi connectivity index (χ1) is 11.1. The first kappa shape index (κ1) is 16.0. The molecule has 1 aromatic carbocycles. The minimum Gasteiger partial charge on any atom is -0.490 e. The highest BCUT2D eigenvalue weighted by Crippen LogP contribution is 2.31. The molecule has 0 spiro atoms. The molecule has 1 aromatic rings. The van der Waals surface area contributed by atoms with E-state index in [0.29, 0.717) is 43.1 Å². The summed E-state index contributed by atoms with van der Waals surface area (Å²) < 4.78 is 11.1. The van der Waals surface area contributed by atoms with Gasteiger partial charge in [0.1, 0.15) is 5.54 Å². The van der Waals surface area contributed by atoms with Gasteiger partial charge in [-0.25, -0.2) is 4.79 Å². The van der Waals surface area contributed by atoms with Crippen molar-refractivity contribution in [2.45, 2.75) is 24.8 Å². The van der Waals surface area contributed by atoms with E-state index in [1.165, 1.54) is 0 Å². The number of carbonyl (C=O) groups is 2. The lowest BCUT2D eigenvalue weighted by Gasteiger charge is -2.33. The van der Waals surface area contributed by atoms with Gasteiger partial charge in [0, 0.05) is 12.0 Å². The van der Waals surface area contributed by atoms with E-state index in [1.807, 2.05) is 0 Å². The zero-order valence-electron chi connectivity index (χ0n) is 12.7. The molecule has 124 valence electrons. The highest BCUT2D eigenvalue weighted by molar-refractivity contribution is 7.99. The summed E-state index contributed by atoms with van der Waals surface area (Å²) in [6.45, 7) is 1.12. The summed E-state index contributed by atoms with van der Waals surface area (Å²) in [4.78, 5) is 24.2. The number of nitrogens with one attached hydrogen (secondary N) is 1. The molecule has 2 aliphatic rings. The molecule has 1 amide bonds. The number of carbonyl (C=O) groups excluding carboxylic acids is 1. The molecule has 2 heterocycles. The molecule has 23 heavy (non-hydrogen) atoms. The lowest BCUT2D eigenvalue weighted by Crippen LogP contribution is -2.56. The van der Waals surface area contributed by atoms with Gasteiger partial charge in [0.25, 0.3) is 5.91 Å². The molecular weight excluding hydrogens is 318 g/mol. The number of thioether (sulfide) groups is 1. The monoisotopic (exact) mass is 337 g/mol. The lowest BCUT2D eigenvalue weighted by atomic mass is 9.92. The van der Waals surface area contributed by atoms with Gasteiger partial charge in [0.2, 0.25) is 0 Å². The van der Waals surface area contributed by atoms with E-state index in [9.17, 15) is 14.7 Å². The van der Waals surface area contributed by atoms with Crippen molar-refractivity contribution >= 4 is 23.6 Å². The first-order valence-corrected chi connectivity index (χ1v) is 8.79. The number of carboxylic acids is 1. The van der Waals surface area contributed by atoms with Gasteiger partial charge < -0.3 is 19.9 Å². The normalized spacial score (nSPS) is 19.5. The molecule has 0 unspecified atom stereocenters. The number of ether oxygens (including phenoxy) is 2. The van der Waals surface area contributed by atoms with Gasteiger partial charge in [0.05, 0.1) is 13.2 Å². The molecule has 6 nitrogen and oxygen atoms in total. The molecule has 7 heteroatoms. The third-order valence-electron chi connectivity index (χ3n) is 4.12. The van der Waals surface area contributed by atoms with E-state index < -0.39 is 17.4 Å². The van der Waals surface area contributed by atoms with Gasteiger partial charge >= 0.3 is 5.97 Å². The first-order valence-electron chi connectivity index (χ1n) is 7.64. The number of carboxylic acid groups (broad SMARTS) is 1. The van der Waals surface area contributed by atoms with E-state index in [2.05, 4.69) is 5.32 Å². The Kier molecular flexibility index (Phi) is 4.66. The Morgan fingerprint density at radius 2 is 1.83 bits per heavy atom. The van der Waals surface area contributed by atoms with Crippen molar-refractivity contribution in [2.75, 3.05) is 24.7 Å². The Morgan fingerprint density at radius 3 is 2.52 bits per heavy atom. The third kappa shape index (κ3) is 3.39. The van der Waals surface area contributed by atoms with Crippen LogP contribution in [0.2, 0.25) is 0 Å². The minimum atomic E-state index is -1.17. The highest BCUT2D eigenvalue weighted by atomic mass is 32.2. The molecule has 0 aromatic heterocycles. The summed E-state index contributed by atoms with van der Waals surface area (Å²) >= 11 is 1.71. The average Bonchev–Trinajstić information content (AvgIpc) is 2.80. The standard InChI is InChI=1S/C16H19NO5S/c18-14(17-16(15(19)20)4-8-23-9-5-16)11-2-3-12-13(10-11)22-7-1-6-21-12/h2-3,10H,1,4-9H2,(H,17,18)(H,19,20). The van der Waals surface area contributed by atoms with Crippen LogP contribution in [0.15, 0.2) is 18.2 Å². The van der Waals surface area contributed by atoms with Crippen LogP contribution in [0.4, 0.5) is 0 Å². The van der Waals surface area contributed by atoms with Crippen LogP contribution in [0.5, 0.6) is 11.5 Å². The van der Waals surface area contributed by atoms with Crippen molar-refractivity contribution < 1.29 is 24.2 Å². The van der Waals surface area contributed by atoms with E-state index in [-0.39, 0.29) is 0 Å². The van der Waals surface area contributed by atoms with E-state index in [0.717, 1.165) is 17.9 Å². The van der Waals surface area contributed by atoms with Gasteiger partial charge in [-0.1, -0.05) is 0 Å². The Labute approximate surface area is 138 Å². The van der Waals surface area contributed by atoms with Crippen LogP contribution >= 0.6 is 11.8 Å². The van der Waals surface area contributed by atoms with Gasteiger partial charge in [-0.2, -0.15) is 11.8 Å². The summed E-state index contributed by atoms with van der Waals surface area (Å²) in [6, 6.07) is 4.94. The summed E-state index contributed by atoms with van der Waals surface area (Å²) in [5.74, 6) is 1.23. The fourth-order valence-electron chi connectivity index (χ4n) is 2.71. The molecular formula is C16H19NO5S. The third-order valence-corrected chi connectivity index (χ3v) is 5.10. The molecule has 0 atom stereocenters. The van der Waals surface area contributed by atoms with Crippen molar-refractivity contribution in [2.24, 2.45) is 0 Å². The largest absolute Gasteiger partial charge is 0.490 e. The van der Waals surface area contributed by atoms with E-state index in [4.69, 9.17) is 9.47 Å². The summed E-state index contributed by atoms with van der Waals surface area (Å²) in [6.07, 6.45) is 1.66. The van der Waals surface area contributed by atoms with Crippen molar-refractivity contribution in [1.82, 2.24) is 5.32 Å². The second-order valence-corrected chi connectivity index (χ2v) is 6.89. The second kappa shape index (κ2) is 6.70. The van der Waals surface area contributed by atoms with Crippen LogP contribution < -0.4 is 14.8 Å². The van der Waals surface area contributed by atoms with E-state index >= 15 is 0 Å². The summed E-state index contributed by atoms with van der Waals surface area (Å²) in [7, 11) is 0. The molecule has 1 fully saturated rings. The zero-order valence-corrected chi connectivity index (χ0v) is 13.5. The molecule has 0 radical (unpaired) electrons. The number of amides is 1. The molecule has 1 saturated heterocycles. The topological polar surface area (TPSA) is 84.9 Å². The molecule has 0 saturated carbocycles. The maximum Gasteiger partial charge on any atom is 0.329 e. The number of rotatable bonds is 3. The Morgan fingerprint density at radius 1 is 1.13 bits per heavy atom. The smallest absolute Gasteiger partial charge is 0.329 e. The predicted octanol–water partition coefficient (Wildman–Crippen LogP) is 1.93. The van der Waals surface area contributed by atoms with Crippen LogP contribution in [0, 0.1) is 0 Å². The number of fused-ring (bicyclic) bond motifs is 1. The summed E-state index contributed by atoms with van der Waals surface area (Å²) in [5, 5.41) is 12.3. The number of benzene rings is 1. The molecule has 0 aliphatic carbocycles. The predicted molar refractivity (Wildman–Crippen MR) is 86.4 cm³/mol. The maximum absolute atomic E-state index is 12.5. The van der Waals surface area contributed by atoms with Crippen LogP contribution in [0.25, 0.3) is 0 Å². The summed E-state index contributed by atoms with van der Waals surface area (Å²) in [5.41, 5.74) is -0.792. The second-order valence-electron chi connectivity index (χ2n) is 5.67. The Bertz CT molecular complexity index is 612. The van der Waals surface area contributed by atoms with E-state index in [1.54, 1.807) is 30.0 Å². The van der Waals surface area contributed by atoms with Crippen molar-refractivity contribution in [3.63, 3.8) is 0 Å². The van der Waals surface area contributed by atoms with Crippen molar-refractivity contribution in [3.05, 3.63) is 23.8 Å². The van der Waals surface area contributed by atoms with Gasteiger partial charge in [-0.15, -0.1) is 0 Å². The molecule has 3 rings (SSSR count). The SMILES string of the molecule is O=C(NC1(C(=O)O)CCSCC1)c1ccc2c(c1)OCCCO2. The number of hydrogen-bond donors (Lipinski definition) is 2. The molecule has 2 N–H and O–H groups in total. The van der Waals surface area contributed by atoms with Crippen molar-refractivity contribution in [3.8, 4) is 11.5 Å². The molecule has 0 bridgehead atoms. The van der Waals surface area contributed by atoms with Crippen molar-refractivity contribution in [1.29, 1.82) is 0 Å². The van der Waals surface area contributed by atoms with Crippen LogP contribution in [-0.2, 0) is 4.79 Å². The Hall–Kier alpha value is -1.89. The lowest BCUT2D eigenvalue weighted by molar-refractivity contribution is -0.144. The zero-order chi connectivity index (χ0) is 16.3. The minimum absolute atomic E-state index is 0.383. The van der Waals surface area contributed by atoms with Gasteiger partial charge in [-0.05, 0) is 42.5 Å². The fourth-order valence-corrected chi connectivity index (χ4v) is 3.90. The molecule has 2 aliphatic heterocycles. The number of hydrogen-bond acceptors (Lipinski definition) is 5. The fraction of sp³-hybridized carbons (Fsp3) is 0.500. The van der Waals surface area contributed by atoms with Crippen LogP contribution in [0.3, 0.4) is 0 Å². The van der Waals surface area contributed by atoms with Gasteiger partial charge in [-0.3, -0.25) is 4.79 Å². The van der Waals surface area contributed by atoms with Crippen LogP contribution in [-0.4, -0.2) is 47.2 Å². The highest BCUT2D eigenvalue weighted by Gasteiger charge is 2.41. The van der Waals surface area contributed by atoms with Crippen LogP contribution in [0.1, 0.15) is 29.6 Å². The quantitative estimate of drug-likeness (QED) is 0.877. The number of aliphatic carboxylic acids is 1. The Balaban J connectivity index is 1.79. The average molecular weight is 337 g/mol. The van der Waals surface area contributed by atoms with Gasteiger partial charge in [0.15, 0.2) is 11.5 Å².